The Morgan fingerprint density at radius 2 is 1.27 bits per heavy atom. The lowest BCUT2D eigenvalue weighted by atomic mass is 9.82. The van der Waals surface area contributed by atoms with E-state index in [2.05, 4.69) is 0 Å². The third-order valence-electron chi connectivity index (χ3n) is 3.86. The van der Waals surface area contributed by atoms with Crippen molar-refractivity contribution in [2.24, 2.45) is 0 Å². The van der Waals surface area contributed by atoms with Crippen LogP contribution in [-0.2, 0) is 0 Å². The van der Waals surface area contributed by atoms with Gasteiger partial charge in [-0.1, -0.05) is 0 Å². The van der Waals surface area contributed by atoms with E-state index >= 15 is 0 Å². The van der Waals surface area contributed by atoms with Gasteiger partial charge in [-0.2, -0.15) is 0 Å². The molecule has 10 heteroatoms. The minimum atomic E-state index is -1.14. The summed E-state index contributed by atoms with van der Waals surface area (Å²) in [5, 5.41) is 1.57. The van der Waals surface area contributed by atoms with Gasteiger partial charge in [0.15, 0.2) is 0 Å². The minimum absolute atomic E-state index is 0.193. The van der Waals surface area contributed by atoms with Crippen molar-refractivity contribution in [3.63, 3.8) is 0 Å². The van der Waals surface area contributed by atoms with Crippen LogP contribution in [0, 0.1) is 0 Å². The molecule has 0 N–H and O–H groups in total. The highest BCUT2D eigenvalue weighted by Gasteiger charge is 2.44. The summed E-state index contributed by atoms with van der Waals surface area (Å²) in [5.41, 5.74) is -4.19. The van der Waals surface area contributed by atoms with Crippen molar-refractivity contribution in [3.8, 4) is 0 Å². The molecule has 0 aromatic carbocycles. The highest BCUT2D eigenvalue weighted by molar-refractivity contribution is 6.17. The summed E-state index contributed by atoms with van der Waals surface area (Å²) in [4.78, 5) is 41.1. The van der Waals surface area contributed by atoms with Gasteiger partial charge in [-0.25, -0.2) is 14.4 Å². The van der Waals surface area contributed by atoms with Crippen LogP contribution in [0.5, 0.6) is 0 Å². The fourth-order valence-corrected chi connectivity index (χ4v) is 3.16. The predicted molar refractivity (Wildman–Crippen MR) is 82.2 cm³/mol. The maximum atomic E-state index is 12.0. The lowest BCUT2D eigenvalue weighted by Gasteiger charge is -2.49. The second kappa shape index (κ2) is 5.43. The molecule has 1 aliphatic rings. The lowest BCUT2D eigenvalue weighted by Crippen LogP contribution is -2.65. The van der Waals surface area contributed by atoms with E-state index in [1.165, 1.54) is 0 Å². The highest BCUT2D eigenvalue weighted by Crippen LogP contribution is 2.36. The summed E-state index contributed by atoms with van der Waals surface area (Å²) in [6, 6.07) is 0. The first-order valence-electron chi connectivity index (χ1n) is 6.81. The number of piperidine rings is 1. The summed E-state index contributed by atoms with van der Waals surface area (Å²) in [6.45, 7) is 7.76. The van der Waals surface area contributed by atoms with E-state index in [1.54, 1.807) is 5.06 Å². The average Bonchev–Trinajstić information content (AvgIpc) is 2.41. The van der Waals surface area contributed by atoms with Gasteiger partial charge in [0.05, 0.1) is 11.1 Å². The molecule has 2 heterocycles. The normalized spacial score (nSPS) is 20.8. The molecular formula is C12H18Cl2N4O4. The lowest BCUT2D eigenvalue weighted by molar-refractivity contribution is -0.285. The molecule has 0 radical (unpaired) electrons. The number of hydrogen-bond donors (Lipinski definition) is 0. The average molecular weight is 353 g/mol. The molecule has 1 aliphatic heterocycles. The molecule has 0 unspecified atom stereocenters. The zero-order chi connectivity index (χ0) is 16.9. The van der Waals surface area contributed by atoms with Gasteiger partial charge in [0.2, 0.25) is 0 Å². The maximum Gasteiger partial charge on any atom is 0.387 e. The molecule has 0 spiro atoms. The molecule has 124 valence electrons. The van der Waals surface area contributed by atoms with Crippen molar-refractivity contribution < 1.29 is 4.94 Å². The largest absolute Gasteiger partial charge is 0.387 e. The third-order valence-corrected chi connectivity index (χ3v) is 4.44. The van der Waals surface area contributed by atoms with Gasteiger partial charge in [0.25, 0.3) is 0 Å². The van der Waals surface area contributed by atoms with Gasteiger partial charge in [0.1, 0.15) is 0 Å². The molecule has 1 saturated heterocycles. The van der Waals surface area contributed by atoms with Crippen LogP contribution < -0.4 is 22.0 Å². The minimum Gasteiger partial charge on any atom is -0.305 e. The Labute approximate surface area is 136 Å². The smallest absolute Gasteiger partial charge is 0.305 e. The van der Waals surface area contributed by atoms with Crippen LogP contribution in [0.2, 0.25) is 0 Å². The summed E-state index contributed by atoms with van der Waals surface area (Å²) < 4.78 is 0.771. The summed E-state index contributed by atoms with van der Waals surface area (Å²) >= 11 is 11.1. The number of halogens is 2. The molecular weight excluding hydrogens is 335 g/mol. The second-order valence-corrected chi connectivity index (χ2v) is 7.23. The van der Waals surface area contributed by atoms with Crippen LogP contribution in [0.4, 0.5) is 0 Å². The number of rotatable bonds is 2. The Morgan fingerprint density at radius 1 is 0.864 bits per heavy atom. The Kier molecular flexibility index (Phi) is 4.23. The summed E-state index contributed by atoms with van der Waals surface area (Å²) in [7, 11) is 0. The Morgan fingerprint density at radius 3 is 1.68 bits per heavy atom. The van der Waals surface area contributed by atoms with Crippen LogP contribution in [0.3, 0.4) is 0 Å². The quantitative estimate of drug-likeness (QED) is 0.777. The molecule has 1 aromatic heterocycles. The van der Waals surface area contributed by atoms with Gasteiger partial charge in [-0.15, -0.1) is 13.2 Å². The van der Waals surface area contributed by atoms with E-state index in [4.69, 9.17) is 28.5 Å². The molecule has 2 rings (SSSR count). The Balaban J connectivity index is 2.58. The van der Waals surface area contributed by atoms with Crippen LogP contribution in [0.25, 0.3) is 0 Å². The number of hydrogen-bond acceptors (Lipinski definition) is 5. The first-order chi connectivity index (χ1) is 9.99. The highest BCUT2D eigenvalue weighted by atomic mass is 35.5. The summed E-state index contributed by atoms with van der Waals surface area (Å²) in [5.74, 6) is 0. The Bertz CT molecular complexity index is 706. The van der Waals surface area contributed by atoms with Crippen molar-refractivity contribution in [3.05, 3.63) is 31.5 Å². The van der Waals surface area contributed by atoms with E-state index in [-0.39, 0.29) is 8.17 Å². The molecule has 0 atom stereocenters. The van der Waals surface area contributed by atoms with Crippen molar-refractivity contribution in [2.75, 3.05) is 0 Å². The maximum absolute atomic E-state index is 12.0. The fourth-order valence-electron chi connectivity index (χ4n) is 2.83. The van der Waals surface area contributed by atoms with E-state index in [0.29, 0.717) is 4.73 Å². The second-order valence-electron chi connectivity index (χ2n) is 6.56. The van der Waals surface area contributed by atoms with Gasteiger partial charge >= 0.3 is 17.1 Å². The van der Waals surface area contributed by atoms with Crippen molar-refractivity contribution in [1.82, 2.24) is 18.0 Å². The standard InChI is InChI=1S/C12H18Cl2N4O4/c1-11(2)6-5-7-12(3,4)18(11)22-17-9(20)15(13)8(19)16(14)10(17)21/h5-7H2,1-4H3. The number of nitrogens with zero attached hydrogens (tertiary/aromatic N) is 4. The van der Waals surface area contributed by atoms with Crippen LogP contribution >= 0.6 is 23.6 Å². The fraction of sp³-hybridized carbons (Fsp3) is 0.750. The number of aromatic nitrogens is 3. The number of hydroxylamine groups is 2. The van der Waals surface area contributed by atoms with Crippen LogP contribution in [0.15, 0.2) is 14.4 Å². The van der Waals surface area contributed by atoms with Crippen molar-refractivity contribution >= 4 is 23.6 Å². The molecule has 0 aliphatic carbocycles. The van der Waals surface area contributed by atoms with E-state index < -0.39 is 28.1 Å². The molecule has 0 bridgehead atoms. The van der Waals surface area contributed by atoms with E-state index in [1.807, 2.05) is 27.7 Å². The van der Waals surface area contributed by atoms with Gasteiger partial charge in [-0.05, 0) is 51.7 Å². The topological polar surface area (TPSA) is 78.5 Å². The van der Waals surface area contributed by atoms with Gasteiger partial charge < -0.3 is 4.94 Å². The Hall–Kier alpha value is -1.25. The first kappa shape index (κ1) is 17.1. The monoisotopic (exact) mass is 352 g/mol. The SMILES string of the molecule is CC1(C)CCCC(C)(C)N1On1c(=O)n(Cl)c(=O)n(Cl)c1=O. The van der Waals surface area contributed by atoms with E-state index in [0.717, 1.165) is 19.3 Å². The predicted octanol–water partition coefficient (Wildman–Crippen LogP) is 0.562. The summed E-state index contributed by atoms with van der Waals surface area (Å²) in [6.07, 6.45) is 2.63. The molecule has 0 amide bonds. The van der Waals surface area contributed by atoms with Gasteiger partial charge in [0, 0.05) is 23.6 Å². The van der Waals surface area contributed by atoms with Crippen LogP contribution in [0.1, 0.15) is 47.0 Å². The molecule has 1 aromatic rings. The van der Waals surface area contributed by atoms with Crippen LogP contribution in [-0.4, -0.2) is 29.0 Å². The molecule has 0 saturated carbocycles. The van der Waals surface area contributed by atoms with Crippen molar-refractivity contribution in [1.29, 1.82) is 0 Å². The third kappa shape index (κ3) is 2.70. The van der Waals surface area contributed by atoms with Crippen molar-refractivity contribution in [2.45, 2.75) is 58.0 Å². The van der Waals surface area contributed by atoms with E-state index in [9.17, 15) is 14.4 Å². The first-order valence-corrected chi connectivity index (χ1v) is 7.49. The molecule has 8 nitrogen and oxygen atoms in total. The zero-order valence-electron chi connectivity index (χ0n) is 12.8. The van der Waals surface area contributed by atoms with Gasteiger partial charge in [-0.3, -0.25) is 0 Å². The zero-order valence-corrected chi connectivity index (χ0v) is 14.3. The molecule has 22 heavy (non-hydrogen) atoms. The molecule has 1 fully saturated rings.